The molecular weight excluding hydrogens is 362 g/mol. The average molecular weight is 372 g/mol. The Morgan fingerprint density at radius 1 is 1.14 bits per heavy atom. The van der Waals surface area contributed by atoms with E-state index in [1.54, 1.807) is 28.8 Å². The summed E-state index contributed by atoms with van der Waals surface area (Å²) in [5.41, 5.74) is 1.74. The predicted octanol–water partition coefficient (Wildman–Crippen LogP) is 4.86. The summed E-state index contributed by atoms with van der Waals surface area (Å²) in [5.74, 6) is 0.0650. The third-order valence-electron chi connectivity index (χ3n) is 3.28. The molecule has 0 unspecified atom stereocenters. The van der Waals surface area contributed by atoms with Gasteiger partial charge in [-0.1, -0.05) is 18.2 Å². The third-order valence-corrected chi connectivity index (χ3v) is 4.12. The smallest absolute Gasteiger partial charge is 0.139 e. The molecule has 0 aliphatic heterocycles. The van der Waals surface area contributed by atoms with E-state index in [4.69, 9.17) is 11.6 Å². The minimum atomic E-state index is -0.390. The molecule has 3 aromatic rings. The quantitative estimate of drug-likeness (QED) is 0.601. The summed E-state index contributed by atoms with van der Waals surface area (Å²) in [6, 6.07) is 9.50. The summed E-state index contributed by atoms with van der Waals surface area (Å²) in [7, 11) is 0. The number of hydrogen-bond acceptors (Lipinski definition) is 1. The number of alkyl halides is 1. The van der Waals surface area contributed by atoms with Crippen molar-refractivity contribution in [3.63, 3.8) is 0 Å². The van der Waals surface area contributed by atoms with Crippen LogP contribution in [0.1, 0.15) is 11.4 Å². The van der Waals surface area contributed by atoms with Crippen molar-refractivity contribution in [2.75, 3.05) is 0 Å². The van der Waals surface area contributed by atoms with Gasteiger partial charge in [-0.3, -0.25) is 0 Å². The lowest BCUT2D eigenvalue weighted by Gasteiger charge is -2.09. The first-order valence-corrected chi connectivity index (χ1v) is 7.56. The van der Waals surface area contributed by atoms with Crippen LogP contribution >= 0.6 is 27.5 Å². The van der Waals surface area contributed by atoms with Gasteiger partial charge in [0.15, 0.2) is 0 Å². The molecule has 0 radical (unpaired) electrons. The van der Waals surface area contributed by atoms with Gasteiger partial charge in [0.2, 0.25) is 0 Å². The summed E-state index contributed by atoms with van der Waals surface area (Å²) >= 11 is 9.06. The van der Waals surface area contributed by atoms with E-state index in [0.717, 1.165) is 0 Å². The Bertz CT molecular complexity index is 817. The fourth-order valence-corrected chi connectivity index (χ4v) is 2.78. The monoisotopic (exact) mass is 370 g/mol. The van der Waals surface area contributed by atoms with Crippen molar-refractivity contribution in [1.29, 1.82) is 0 Å². The molecule has 0 aliphatic carbocycles. The number of rotatable bonds is 3. The molecule has 2 aromatic carbocycles. The lowest BCUT2D eigenvalue weighted by Crippen LogP contribution is -2.05. The Morgan fingerprint density at radius 2 is 1.90 bits per heavy atom. The van der Waals surface area contributed by atoms with Crippen LogP contribution in [0.15, 0.2) is 40.9 Å². The van der Waals surface area contributed by atoms with Crippen LogP contribution < -0.4 is 0 Å². The minimum Gasteiger partial charge on any atom is -0.322 e. The summed E-state index contributed by atoms with van der Waals surface area (Å²) < 4.78 is 29.6. The van der Waals surface area contributed by atoms with E-state index in [1.807, 2.05) is 0 Å². The van der Waals surface area contributed by atoms with Crippen LogP contribution in [0, 0.1) is 11.6 Å². The Balaban J connectivity index is 2.16. The fraction of sp³-hybridized carbons (Fsp3) is 0.133. The van der Waals surface area contributed by atoms with Gasteiger partial charge in [0.1, 0.15) is 17.5 Å². The van der Waals surface area contributed by atoms with Gasteiger partial charge in [0, 0.05) is 11.6 Å². The van der Waals surface area contributed by atoms with Gasteiger partial charge in [0.05, 0.1) is 27.9 Å². The Morgan fingerprint density at radius 3 is 2.62 bits per heavy atom. The molecule has 0 saturated heterocycles. The van der Waals surface area contributed by atoms with Crippen LogP contribution in [0.5, 0.6) is 0 Å². The second kappa shape index (κ2) is 5.73. The van der Waals surface area contributed by atoms with Gasteiger partial charge in [0.25, 0.3) is 0 Å². The number of nitrogens with zero attached hydrogens (tertiary/aromatic N) is 2. The van der Waals surface area contributed by atoms with E-state index >= 15 is 0 Å². The SMILES string of the molecule is Fc1cc2nc(CCl)n(Cc3ccccc3F)c2cc1Br. The zero-order chi connectivity index (χ0) is 15.0. The third kappa shape index (κ3) is 2.68. The molecule has 0 bridgehead atoms. The topological polar surface area (TPSA) is 17.8 Å². The second-order valence-electron chi connectivity index (χ2n) is 4.59. The number of fused-ring (bicyclic) bond motifs is 1. The zero-order valence-electron chi connectivity index (χ0n) is 10.8. The van der Waals surface area contributed by atoms with Gasteiger partial charge < -0.3 is 4.57 Å². The van der Waals surface area contributed by atoms with E-state index in [-0.39, 0.29) is 17.5 Å². The summed E-state index contributed by atoms with van der Waals surface area (Å²) in [6.07, 6.45) is 0. The van der Waals surface area contributed by atoms with Gasteiger partial charge >= 0.3 is 0 Å². The van der Waals surface area contributed by atoms with Crippen LogP contribution in [-0.4, -0.2) is 9.55 Å². The first-order valence-electron chi connectivity index (χ1n) is 6.23. The maximum Gasteiger partial charge on any atom is 0.139 e. The molecule has 108 valence electrons. The first kappa shape index (κ1) is 14.5. The van der Waals surface area contributed by atoms with Crippen LogP contribution in [0.2, 0.25) is 0 Å². The van der Waals surface area contributed by atoms with Crippen LogP contribution in [0.25, 0.3) is 11.0 Å². The van der Waals surface area contributed by atoms with E-state index in [2.05, 4.69) is 20.9 Å². The number of aromatic nitrogens is 2. The fourth-order valence-electron chi connectivity index (χ4n) is 2.25. The van der Waals surface area contributed by atoms with Crippen molar-refractivity contribution >= 4 is 38.6 Å². The molecule has 0 N–H and O–H groups in total. The summed E-state index contributed by atoms with van der Waals surface area (Å²) in [5, 5.41) is 0. The van der Waals surface area contributed by atoms with Gasteiger partial charge in [-0.2, -0.15) is 0 Å². The lowest BCUT2D eigenvalue weighted by molar-refractivity contribution is 0.599. The van der Waals surface area contributed by atoms with Crippen molar-refractivity contribution in [3.05, 3.63) is 63.9 Å². The van der Waals surface area contributed by atoms with Crippen LogP contribution in [-0.2, 0) is 12.4 Å². The van der Waals surface area contributed by atoms with Crippen LogP contribution in [0.3, 0.4) is 0 Å². The molecule has 1 heterocycles. The van der Waals surface area contributed by atoms with Crippen LogP contribution in [0.4, 0.5) is 8.78 Å². The maximum atomic E-state index is 13.8. The minimum absolute atomic E-state index is 0.169. The largest absolute Gasteiger partial charge is 0.322 e. The number of hydrogen-bond donors (Lipinski definition) is 0. The Kier molecular flexibility index (Phi) is 3.95. The maximum absolute atomic E-state index is 13.8. The summed E-state index contributed by atoms with van der Waals surface area (Å²) in [6.45, 7) is 0.295. The molecular formula is C15H10BrClF2N2. The van der Waals surface area contributed by atoms with Crippen molar-refractivity contribution in [1.82, 2.24) is 9.55 Å². The van der Waals surface area contributed by atoms with Gasteiger partial charge in [-0.15, -0.1) is 11.6 Å². The van der Waals surface area contributed by atoms with Crippen molar-refractivity contribution < 1.29 is 8.78 Å². The molecule has 2 nitrogen and oxygen atoms in total. The molecule has 21 heavy (non-hydrogen) atoms. The highest BCUT2D eigenvalue weighted by Gasteiger charge is 2.14. The number of benzene rings is 2. The van der Waals surface area contributed by atoms with Crippen molar-refractivity contribution in [2.24, 2.45) is 0 Å². The highest BCUT2D eigenvalue weighted by atomic mass is 79.9. The van der Waals surface area contributed by atoms with Crippen molar-refractivity contribution in [3.8, 4) is 0 Å². The van der Waals surface area contributed by atoms with E-state index in [9.17, 15) is 8.78 Å². The number of imidazole rings is 1. The molecule has 0 saturated carbocycles. The predicted molar refractivity (Wildman–Crippen MR) is 82.5 cm³/mol. The molecule has 0 spiro atoms. The Labute approximate surface area is 133 Å². The van der Waals surface area contributed by atoms with Crippen molar-refractivity contribution in [2.45, 2.75) is 12.4 Å². The molecule has 0 amide bonds. The zero-order valence-corrected chi connectivity index (χ0v) is 13.1. The highest BCUT2D eigenvalue weighted by molar-refractivity contribution is 9.10. The average Bonchev–Trinajstić information content (AvgIpc) is 2.79. The standard InChI is InChI=1S/C15H10BrClF2N2/c16-10-5-14-13(6-12(10)19)20-15(7-17)21(14)8-9-3-1-2-4-11(9)18/h1-6H,7-8H2. The van der Waals surface area contributed by atoms with Gasteiger partial charge in [-0.05, 0) is 28.1 Å². The van der Waals surface area contributed by atoms with E-state index in [1.165, 1.54) is 12.1 Å². The van der Waals surface area contributed by atoms with Gasteiger partial charge in [-0.25, -0.2) is 13.8 Å². The molecule has 0 atom stereocenters. The molecule has 6 heteroatoms. The normalized spacial score (nSPS) is 11.2. The Hall–Kier alpha value is -1.46. The molecule has 0 aliphatic rings. The van der Waals surface area contributed by atoms with E-state index in [0.29, 0.717) is 33.4 Å². The lowest BCUT2D eigenvalue weighted by atomic mass is 10.2. The first-order chi connectivity index (χ1) is 10.1. The molecule has 0 fully saturated rings. The summed E-state index contributed by atoms with van der Waals surface area (Å²) in [4.78, 5) is 4.31. The molecule has 3 rings (SSSR count). The second-order valence-corrected chi connectivity index (χ2v) is 5.72. The van der Waals surface area contributed by atoms with E-state index < -0.39 is 0 Å². The highest BCUT2D eigenvalue weighted by Crippen LogP contribution is 2.26. The number of halogens is 4. The molecule has 1 aromatic heterocycles.